The number of benzene rings is 5. The first-order chi connectivity index (χ1) is 20.8. The van der Waals surface area contributed by atoms with Gasteiger partial charge in [0.1, 0.15) is 6.07 Å². The summed E-state index contributed by atoms with van der Waals surface area (Å²) < 4.78 is 4.55. The summed E-state index contributed by atoms with van der Waals surface area (Å²) in [6, 6.07) is 38.3. The number of nitrogens with zero attached hydrogens (tertiary/aromatic N) is 6. The molecule has 0 aliphatic rings. The van der Waals surface area contributed by atoms with Crippen molar-refractivity contribution in [3.63, 3.8) is 0 Å². The summed E-state index contributed by atoms with van der Waals surface area (Å²) >= 11 is 0. The first-order valence-electron chi connectivity index (χ1n) is 13.9. The van der Waals surface area contributed by atoms with Crippen LogP contribution in [0.1, 0.15) is 5.69 Å². The highest BCUT2D eigenvalue weighted by Crippen LogP contribution is 2.47. The molecule has 6 nitrogen and oxygen atoms in total. The van der Waals surface area contributed by atoms with Crippen molar-refractivity contribution in [2.75, 3.05) is 0 Å². The molecule has 0 N–H and O–H groups in total. The molecule has 6 heteroatoms. The number of hydrogen-bond donors (Lipinski definition) is 0. The van der Waals surface area contributed by atoms with Crippen molar-refractivity contribution in [3.8, 4) is 12.0 Å². The molecule has 0 aliphatic heterocycles. The molecule has 5 heterocycles. The van der Waals surface area contributed by atoms with Crippen LogP contribution in [-0.4, -0.2) is 23.9 Å². The van der Waals surface area contributed by atoms with E-state index in [-0.39, 0.29) is 0 Å². The molecule has 0 aliphatic carbocycles. The average Bonchev–Trinajstić information content (AvgIpc) is 3.68. The minimum Gasteiger partial charge on any atom is -0.308 e. The molecule has 0 spiro atoms. The van der Waals surface area contributed by atoms with Gasteiger partial charge in [-0.15, -0.1) is 0 Å². The van der Waals surface area contributed by atoms with Gasteiger partial charge in [0.2, 0.25) is 5.95 Å². The SMILES string of the molecule is N#Cc1nc(-n2c3cc4c5ccccc5n5c6ccccc6c(c3c3ccc6ccccc6c32)c45)nc2ncccc12. The van der Waals surface area contributed by atoms with Gasteiger partial charge in [-0.25, -0.2) is 9.97 Å². The molecule has 0 atom stereocenters. The van der Waals surface area contributed by atoms with Crippen LogP contribution in [0.3, 0.4) is 0 Å². The van der Waals surface area contributed by atoms with Gasteiger partial charge in [-0.05, 0) is 35.7 Å². The highest BCUT2D eigenvalue weighted by molar-refractivity contribution is 6.37. The standard InChI is InChI=1S/C36H18N6/c37-19-27-23-12-7-17-38-35(23)40-36(39-27)42-30-18-26-22-10-3-5-13-28(22)41-29-14-6-4-11-24(29)32(34(26)41)31(30)25-16-15-20-8-1-2-9-21(20)33(25)42/h1-18H. The molecule has 0 amide bonds. The van der Waals surface area contributed by atoms with E-state index in [9.17, 15) is 5.26 Å². The Morgan fingerprint density at radius 3 is 2.17 bits per heavy atom. The van der Waals surface area contributed by atoms with Gasteiger partial charge in [-0.1, -0.05) is 72.8 Å². The summed E-state index contributed by atoms with van der Waals surface area (Å²) in [4.78, 5) is 14.3. The van der Waals surface area contributed by atoms with Gasteiger partial charge in [-0.2, -0.15) is 10.2 Å². The molecule has 0 unspecified atom stereocenters. The lowest BCUT2D eigenvalue weighted by Gasteiger charge is -2.10. The lowest BCUT2D eigenvalue weighted by Crippen LogP contribution is -2.04. The van der Waals surface area contributed by atoms with Gasteiger partial charge in [-0.3, -0.25) is 4.57 Å². The quantitative estimate of drug-likeness (QED) is 0.212. The van der Waals surface area contributed by atoms with Gasteiger partial charge in [0.25, 0.3) is 0 Å². The van der Waals surface area contributed by atoms with E-state index < -0.39 is 0 Å². The van der Waals surface area contributed by atoms with E-state index >= 15 is 0 Å². The van der Waals surface area contributed by atoms with Gasteiger partial charge in [0.15, 0.2) is 11.3 Å². The van der Waals surface area contributed by atoms with Crippen LogP contribution >= 0.6 is 0 Å². The maximum atomic E-state index is 10.1. The van der Waals surface area contributed by atoms with Crippen LogP contribution in [0.5, 0.6) is 0 Å². The summed E-state index contributed by atoms with van der Waals surface area (Å²) in [7, 11) is 0. The highest BCUT2D eigenvalue weighted by Gasteiger charge is 2.25. The van der Waals surface area contributed by atoms with Gasteiger partial charge in [0.05, 0.1) is 33.0 Å². The zero-order valence-corrected chi connectivity index (χ0v) is 22.1. The molecule has 10 rings (SSSR count). The van der Waals surface area contributed by atoms with Crippen molar-refractivity contribution >= 4 is 81.7 Å². The number of aromatic nitrogens is 5. The second-order valence-corrected chi connectivity index (χ2v) is 10.8. The number of fused-ring (bicyclic) bond motifs is 13. The fraction of sp³-hybridized carbons (Fsp3) is 0. The number of hydrogen-bond acceptors (Lipinski definition) is 4. The minimum absolute atomic E-state index is 0.311. The van der Waals surface area contributed by atoms with Crippen molar-refractivity contribution in [1.29, 1.82) is 5.26 Å². The summed E-state index contributed by atoms with van der Waals surface area (Å²) in [5.41, 5.74) is 6.43. The zero-order valence-electron chi connectivity index (χ0n) is 22.1. The lowest BCUT2D eigenvalue weighted by atomic mass is 10.0. The van der Waals surface area contributed by atoms with Crippen LogP contribution in [0, 0.1) is 11.3 Å². The number of para-hydroxylation sites is 2. The Morgan fingerprint density at radius 2 is 1.31 bits per heavy atom. The van der Waals surface area contributed by atoms with E-state index in [2.05, 4.69) is 111 Å². The van der Waals surface area contributed by atoms with Crippen LogP contribution in [-0.2, 0) is 0 Å². The number of pyridine rings is 1. The van der Waals surface area contributed by atoms with Crippen LogP contribution in [0.15, 0.2) is 109 Å². The van der Waals surface area contributed by atoms with Crippen molar-refractivity contribution in [2.45, 2.75) is 0 Å². The monoisotopic (exact) mass is 534 g/mol. The van der Waals surface area contributed by atoms with Gasteiger partial charge >= 0.3 is 0 Å². The average molecular weight is 535 g/mol. The van der Waals surface area contributed by atoms with Crippen molar-refractivity contribution in [1.82, 2.24) is 23.9 Å². The molecule has 0 saturated heterocycles. The predicted molar refractivity (Wildman–Crippen MR) is 169 cm³/mol. The van der Waals surface area contributed by atoms with Crippen LogP contribution in [0.25, 0.3) is 87.7 Å². The summed E-state index contributed by atoms with van der Waals surface area (Å²) in [6.45, 7) is 0. The van der Waals surface area contributed by atoms with Gasteiger partial charge in [0, 0.05) is 43.9 Å². The Bertz CT molecular complexity index is 2810. The summed E-state index contributed by atoms with van der Waals surface area (Å²) in [5.74, 6) is 0.440. The predicted octanol–water partition coefficient (Wildman–Crippen LogP) is 8.30. The summed E-state index contributed by atoms with van der Waals surface area (Å²) in [5, 5.41) is 20.1. The molecule has 0 saturated carbocycles. The van der Waals surface area contributed by atoms with Crippen LogP contribution in [0.2, 0.25) is 0 Å². The zero-order chi connectivity index (χ0) is 27.5. The third-order valence-electron chi connectivity index (χ3n) is 8.75. The van der Waals surface area contributed by atoms with Crippen LogP contribution in [0.4, 0.5) is 0 Å². The molecule has 0 bridgehead atoms. The van der Waals surface area contributed by atoms with E-state index in [1.807, 2.05) is 12.1 Å². The first kappa shape index (κ1) is 21.7. The maximum Gasteiger partial charge on any atom is 0.238 e. The lowest BCUT2D eigenvalue weighted by molar-refractivity contribution is 0.996. The minimum atomic E-state index is 0.311. The molecule has 0 radical (unpaired) electrons. The Balaban J connectivity index is 1.54. The van der Waals surface area contributed by atoms with E-state index in [0.717, 1.165) is 32.6 Å². The summed E-state index contributed by atoms with van der Waals surface area (Å²) in [6.07, 6.45) is 1.71. The van der Waals surface area contributed by atoms with Crippen LogP contribution < -0.4 is 0 Å². The Morgan fingerprint density at radius 1 is 0.571 bits per heavy atom. The molecule has 42 heavy (non-hydrogen) atoms. The topological polar surface area (TPSA) is 71.8 Å². The number of rotatable bonds is 1. The second kappa shape index (κ2) is 7.57. The van der Waals surface area contributed by atoms with E-state index in [1.54, 1.807) is 6.20 Å². The van der Waals surface area contributed by atoms with Crippen molar-refractivity contribution in [2.24, 2.45) is 0 Å². The third-order valence-corrected chi connectivity index (χ3v) is 8.75. The highest BCUT2D eigenvalue weighted by atomic mass is 15.2. The van der Waals surface area contributed by atoms with Gasteiger partial charge < -0.3 is 4.40 Å². The molecule has 5 aromatic heterocycles. The fourth-order valence-corrected chi connectivity index (χ4v) is 7.12. The number of nitriles is 1. The van der Waals surface area contributed by atoms with E-state index in [4.69, 9.17) is 9.97 Å². The van der Waals surface area contributed by atoms with E-state index in [1.165, 1.54) is 38.1 Å². The molecular weight excluding hydrogens is 516 g/mol. The molecular formula is C36H18N6. The molecule has 5 aromatic carbocycles. The smallest absolute Gasteiger partial charge is 0.238 e. The van der Waals surface area contributed by atoms with Crippen molar-refractivity contribution < 1.29 is 0 Å². The Labute approximate surface area is 237 Å². The first-order valence-corrected chi connectivity index (χ1v) is 13.9. The largest absolute Gasteiger partial charge is 0.308 e. The third kappa shape index (κ3) is 2.52. The molecule has 192 valence electrons. The van der Waals surface area contributed by atoms with E-state index in [0.29, 0.717) is 22.7 Å². The second-order valence-electron chi connectivity index (χ2n) is 10.8. The van der Waals surface area contributed by atoms with Crippen molar-refractivity contribution in [3.05, 3.63) is 115 Å². The Hall–Kier alpha value is -6.06. The molecule has 0 fully saturated rings. The fourth-order valence-electron chi connectivity index (χ4n) is 7.12. The maximum absolute atomic E-state index is 10.1. The molecule has 10 aromatic rings. The normalized spacial score (nSPS) is 12.3. The Kier molecular flexibility index (Phi) is 3.91.